The maximum atomic E-state index is 12.7. The van der Waals surface area contributed by atoms with Crippen LogP contribution < -0.4 is 4.90 Å². The molecule has 8 nitrogen and oxygen atoms in total. The fourth-order valence-corrected chi connectivity index (χ4v) is 4.05. The molecule has 29 heavy (non-hydrogen) atoms. The number of aromatic nitrogens is 2. The predicted molar refractivity (Wildman–Crippen MR) is 113 cm³/mol. The van der Waals surface area contributed by atoms with Gasteiger partial charge in [0.1, 0.15) is 0 Å². The van der Waals surface area contributed by atoms with E-state index in [0.717, 1.165) is 69.4 Å². The monoisotopic (exact) mass is 402 g/mol. The van der Waals surface area contributed by atoms with Crippen molar-refractivity contribution in [2.24, 2.45) is 5.92 Å². The van der Waals surface area contributed by atoms with E-state index in [9.17, 15) is 9.59 Å². The Bertz CT molecular complexity index is 702. The molecule has 8 heteroatoms. The van der Waals surface area contributed by atoms with Crippen LogP contribution in [0.25, 0.3) is 0 Å². The van der Waals surface area contributed by atoms with Crippen LogP contribution in [0.15, 0.2) is 6.07 Å². The predicted octanol–water partition coefficient (Wildman–Crippen LogP) is 0.932. The third-order valence-electron chi connectivity index (χ3n) is 5.91. The Balaban J connectivity index is 1.41. The normalized spacial score (nSPS) is 18.8. The standard InChI is InChI=1S/C21H34N6O2/c1-16-13-17(2)23-21(22-16)27-7-5-18(6-8-27)14-19(28)26-11-9-25(10-12-26)15-20(29)24(3)4/h13,18H,5-12,14-15H2,1-4H3. The number of carbonyl (C=O) groups is 2. The number of amides is 2. The topological polar surface area (TPSA) is 72.9 Å². The molecular weight excluding hydrogens is 368 g/mol. The zero-order valence-corrected chi connectivity index (χ0v) is 18.2. The lowest BCUT2D eigenvalue weighted by molar-refractivity contribution is -0.135. The number of rotatable bonds is 5. The molecule has 0 spiro atoms. The highest BCUT2D eigenvalue weighted by Gasteiger charge is 2.27. The first-order valence-corrected chi connectivity index (χ1v) is 10.6. The Hall–Kier alpha value is -2.22. The number of piperazine rings is 1. The molecule has 1 aromatic rings. The quantitative estimate of drug-likeness (QED) is 0.730. The first-order chi connectivity index (χ1) is 13.8. The van der Waals surface area contributed by atoms with Crippen LogP contribution in [0.1, 0.15) is 30.7 Å². The molecule has 0 atom stereocenters. The van der Waals surface area contributed by atoms with Gasteiger partial charge in [-0.05, 0) is 38.7 Å². The lowest BCUT2D eigenvalue weighted by atomic mass is 9.93. The Kier molecular flexibility index (Phi) is 7.05. The first-order valence-electron chi connectivity index (χ1n) is 10.6. The average Bonchev–Trinajstić information content (AvgIpc) is 2.68. The van der Waals surface area contributed by atoms with Gasteiger partial charge in [0.05, 0.1) is 6.54 Å². The number of anilines is 1. The highest BCUT2D eigenvalue weighted by Crippen LogP contribution is 2.24. The highest BCUT2D eigenvalue weighted by molar-refractivity contribution is 5.78. The molecule has 0 saturated carbocycles. The molecule has 0 unspecified atom stereocenters. The number of aryl methyl sites for hydroxylation is 2. The molecule has 0 bridgehead atoms. The van der Waals surface area contributed by atoms with Crippen LogP contribution in [-0.2, 0) is 9.59 Å². The molecule has 0 aromatic carbocycles. The maximum Gasteiger partial charge on any atom is 0.236 e. The van der Waals surface area contributed by atoms with E-state index in [4.69, 9.17) is 0 Å². The average molecular weight is 403 g/mol. The first kappa shape index (κ1) is 21.5. The number of likely N-dealkylation sites (N-methyl/N-ethyl adjacent to an activating group) is 1. The second kappa shape index (κ2) is 9.52. The second-order valence-corrected chi connectivity index (χ2v) is 8.53. The van der Waals surface area contributed by atoms with Gasteiger partial charge in [0.15, 0.2) is 0 Å². The maximum absolute atomic E-state index is 12.7. The third-order valence-corrected chi connectivity index (χ3v) is 5.91. The van der Waals surface area contributed by atoms with E-state index < -0.39 is 0 Å². The summed E-state index contributed by atoms with van der Waals surface area (Å²) < 4.78 is 0. The summed E-state index contributed by atoms with van der Waals surface area (Å²) in [7, 11) is 3.55. The van der Waals surface area contributed by atoms with Crippen LogP contribution in [-0.4, -0.2) is 96.4 Å². The number of nitrogens with zero attached hydrogens (tertiary/aromatic N) is 6. The summed E-state index contributed by atoms with van der Waals surface area (Å²) >= 11 is 0. The molecule has 160 valence electrons. The van der Waals surface area contributed by atoms with Crippen LogP contribution in [0.2, 0.25) is 0 Å². The molecule has 0 radical (unpaired) electrons. The number of hydrogen-bond donors (Lipinski definition) is 0. The molecular formula is C21H34N6O2. The van der Waals surface area contributed by atoms with Crippen molar-refractivity contribution in [2.75, 3.05) is 64.8 Å². The molecule has 1 aromatic heterocycles. The molecule has 2 saturated heterocycles. The zero-order chi connectivity index (χ0) is 21.0. The van der Waals surface area contributed by atoms with Crippen molar-refractivity contribution in [3.63, 3.8) is 0 Å². The number of carbonyl (C=O) groups excluding carboxylic acids is 2. The Morgan fingerprint density at radius 1 is 1.00 bits per heavy atom. The van der Waals surface area contributed by atoms with Gasteiger partial charge in [-0.3, -0.25) is 14.5 Å². The lowest BCUT2D eigenvalue weighted by Crippen LogP contribution is -2.51. The van der Waals surface area contributed by atoms with Gasteiger partial charge in [-0.2, -0.15) is 0 Å². The van der Waals surface area contributed by atoms with Gasteiger partial charge < -0.3 is 14.7 Å². The molecule has 2 amide bonds. The highest BCUT2D eigenvalue weighted by atomic mass is 16.2. The van der Waals surface area contributed by atoms with Gasteiger partial charge >= 0.3 is 0 Å². The van der Waals surface area contributed by atoms with Crippen molar-refractivity contribution < 1.29 is 9.59 Å². The SMILES string of the molecule is Cc1cc(C)nc(N2CCC(CC(=O)N3CCN(CC(=O)N(C)C)CC3)CC2)n1. The van der Waals surface area contributed by atoms with Crippen molar-refractivity contribution in [3.05, 3.63) is 17.5 Å². The van der Waals surface area contributed by atoms with E-state index in [2.05, 4.69) is 19.8 Å². The minimum absolute atomic E-state index is 0.115. The molecule has 0 aliphatic carbocycles. The minimum Gasteiger partial charge on any atom is -0.348 e. The molecule has 2 aliphatic rings. The van der Waals surface area contributed by atoms with Gasteiger partial charge in [0.2, 0.25) is 17.8 Å². The van der Waals surface area contributed by atoms with E-state index in [1.807, 2.05) is 24.8 Å². The summed E-state index contributed by atoms with van der Waals surface area (Å²) in [5.41, 5.74) is 1.99. The van der Waals surface area contributed by atoms with Crippen molar-refractivity contribution in [1.29, 1.82) is 0 Å². The van der Waals surface area contributed by atoms with Crippen LogP contribution in [0.5, 0.6) is 0 Å². The zero-order valence-electron chi connectivity index (χ0n) is 18.2. The summed E-state index contributed by atoms with van der Waals surface area (Å²) in [6.45, 7) is 9.22. The van der Waals surface area contributed by atoms with E-state index >= 15 is 0 Å². The summed E-state index contributed by atoms with van der Waals surface area (Å²) in [6, 6.07) is 1.99. The van der Waals surface area contributed by atoms with Crippen molar-refractivity contribution in [3.8, 4) is 0 Å². The van der Waals surface area contributed by atoms with E-state index in [1.165, 1.54) is 0 Å². The Morgan fingerprint density at radius 3 is 2.14 bits per heavy atom. The molecule has 2 fully saturated rings. The van der Waals surface area contributed by atoms with Crippen molar-refractivity contribution >= 4 is 17.8 Å². The summed E-state index contributed by atoms with van der Waals surface area (Å²) in [5.74, 6) is 1.61. The summed E-state index contributed by atoms with van der Waals surface area (Å²) in [6.07, 6.45) is 2.62. The van der Waals surface area contributed by atoms with Crippen molar-refractivity contribution in [2.45, 2.75) is 33.1 Å². The van der Waals surface area contributed by atoms with Gasteiger partial charge in [-0.25, -0.2) is 9.97 Å². The largest absolute Gasteiger partial charge is 0.348 e. The van der Waals surface area contributed by atoms with Gasteiger partial charge in [-0.1, -0.05) is 0 Å². The van der Waals surface area contributed by atoms with Crippen molar-refractivity contribution in [1.82, 2.24) is 24.7 Å². The fourth-order valence-electron chi connectivity index (χ4n) is 4.05. The Labute approximate surface area is 173 Å². The molecule has 0 N–H and O–H groups in total. The smallest absolute Gasteiger partial charge is 0.236 e. The van der Waals surface area contributed by atoms with Crippen LogP contribution in [0.3, 0.4) is 0 Å². The van der Waals surface area contributed by atoms with E-state index in [-0.39, 0.29) is 11.8 Å². The molecule has 3 heterocycles. The molecule has 2 aliphatic heterocycles. The lowest BCUT2D eigenvalue weighted by Gasteiger charge is -2.36. The van der Waals surface area contributed by atoms with Crippen LogP contribution >= 0.6 is 0 Å². The number of piperidine rings is 1. The Morgan fingerprint density at radius 2 is 1.59 bits per heavy atom. The van der Waals surface area contributed by atoms with E-state index in [1.54, 1.807) is 19.0 Å². The van der Waals surface area contributed by atoms with E-state index in [0.29, 0.717) is 18.9 Å². The fraction of sp³-hybridized carbons (Fsp3) is 0.714. The van der Waals surface area contributed by atoms with Gasteiger partial charge in [-0.15, -0.1) is 0 Å². The van der Waals surface area contributed by atoms with Gasteiger partial charge in [0, 0.05) is 71.2 Å². The molecule has 3 rings (SSSR count). The second-order valence-electron chi connectivity index (χ2n) is 8.53. The van der Waals surface area contributed by atoms with Crippen LogP contribution in [0.4, 0.5) is 5.95 Å². The minimum atomic E-state index is 0.115. The summed E-state index contributed by atoms with van der Waals surface area (Å²) in [4.78, 5) is 41.7. The third kappa shape index (κ3) is 5.88. The summed E-state index contributed by atoms with van der Waals surface area (Å²) in [5, 5.41) is 0. The van der Waals surface area contributed by atoms with Gasteiger partial charge in [0.25, 0.3) is 0 Å². The van der Waals surface area contributed by atoms with Crippen LogP contribution in [0, 0.1) is 19.8 Å². The number of hydrogen-bond acceptors (Lipinski definition) is 6.